The topological polar surface area (TPSA) is 50.7 Å². The highest BCUT2D eigenvalue weighted by atomic mass is 16.5. The summed E-state index contributed by atoms with van der Waals surface area (Å²) in [7, 11) is 5.89. The molecule has 1 aromatic heterocycles. The SMILES string of the molecule is COc1ccc(-c2ncc(CN3CCOC[C@H](CN(C)C)C3)cn2)cc1. The van der Waals surface area contributed by atoms with Crippen LogP contribution >= 0.6 is 0 Å². The van der Waals surface area contributed by atoms with Gasteiger partial charge in [0, 0.05) is 55.6 Å². The summed E-state index contributed by atoms with van der Waals surface area (Å²) in [5.41, 5.74) is 2.12. The Morgan fingerprint density at radius 2 is 1.92 bits per heavy atom. The first-order valence-corrected chi connectivity index (χ1v) is 9.04. The van der Waals surface area contributed by atoms with Crippen molar-refractivity contribution in [3.8, 4) is 17.1 Å². The lowest BCUT2D eigenvalue weighted by Crippen LogP contribution is -2.34. The molecule has 0 saturated carbocycles. The van der Waals surface area contributed by atoms with Crippen molar-refractivity contribution in [1.82, 2.24) is 19.8 Å². The summed E-state index contributed by atoms with van der Waals surface area (Å²) in [6.45, 7) is 5.51. The van der Waals surface area contributed by atoms with Crippen molar-refractivity contribution < 1.29 is 9.47 Å². The third-order valence-electron chi connectivity index (χ3n) is 4.50. The van der Waals surface area contributed by atoms with Crippen molar-refractivity contribution in [3.05, 3.63) is 42.2 Å². The molecule has 0 spiro atoms. The van der Waals surface area contributed by atoms with Crippen LogP contribution in [0.15, 0.2) is 36.7 Å². The molecule has 3 rings (SSSR count). The Balaban J connectivity index is 1.62. The second-order valence-corrected chi connectivity index (χ2v) is 7.08. The van der Waals surface area contributed by atoms with Gasteiger partial charge in [-0.15, -0.1) is 0 Å². The zero-order valence-electron chi connectivity index (χ0n) is 15.9. The van der Waals surface area contributed by atoms with Gasteiger partial charge < -0.3 is 14.4 Å². The van der Waals surface area contributed by atoms with Crippen LogP contribution in [0.4, 0.5) is 0 Å². The van der Waals surface area contributed by atoms with E-state index in [0.29, 0.717) is 5.92 Å². The van der Waals surface area contributed by atoms with Gasteiger partial charge in [-0.2, -0.15) is 0 Å². The molecule has 1 atom stereocenters. The number of nitrogens with zero attached hydrogens (tertiary/aromatic N) is 4. The average Bonchev–Trinajstić information content (AvgIpc) is 2.87. The monoisotopic (exact) mass is 356 g/mol. The van der Waals surface area contributed by atoms with Crippen LogP contribution in [0.3, 0.4) is 0 Å². The van der Waals surface area contributed by atoms with Crippen LogP contribution in [-0.2, 0) is 11.3 Å². The van der Waals surface area contributed by atoms with Crippen LogP contribution < -0.4 is 4.74 Å². The maximum Gasteiger partial charge on any atom is 0.159 e. The Morgan fingerprint density at radius 3 is 2.58 bits per heavy atom. The first-order valence-electron chi connectivity index (χ1n) is 9.04. The van der Waals surface area contributed by atoms with E-state index in [-0.39, 0.29) is 0 Å². The van der Waals surface area contributed by atoms with Gasteiger partial charge in [0.1, 0.15) is 5.75 Å². The molecule has 0 radical (unpaired) electrons. The minimum absolute atomic E-state index is 0.534. The van der Waals surface area contributed by atoms with Gasteiger partial charge >= 0.3 is 0 Å². The second kappa shape index (κ2) is 9.07. The van der Waals surface area contributed by atoms with Crippen molar-refractivity contribution in [3.63, 3.8) is 0 Å². The normalized spacial score (nSPS) is 18.7. The van der Waals surface area contributed by atoms with E-state index >= 15 is 0 Å². The molecule has 1 aliphatic rings. The molecule has 1 aromatic carbocycles. The number of ether oxygens (including phenoxy) is 2. The first-order chi connectivity index (χ1) is 12.6. The maximum absolute atomic E-state index is 5.76. The molecular weight excluding hydrogens is 328 g/mol. The minimum Gasteiger partial charge on any atom is -0.497 e. The molecule has 140 valence electrons. The van der Waals surface area contributed by atoms with E-state index in [1.807, 2.05) is 36.7 Å². The number of hydrogen-bond acceptors (Lipinski definition) is 6. The minimum atomic E-state index is 0.534. The van der Waals surface area contributed by atoms with Gasteiger partial charge in [0.2, 0.25) is 0 Å². The summed E-state index contributed by atoms with van der Waals surface area (Å²) in [4.78, 5) is 13.7. The Hall–Kier alpha value is -2.02. The molecule has 2 heterocycles. The maximum atomic E-state index is 5.76. The number of aromatic nitrogens is 2. The molecule has 1 fully saturated rings. The highest BCUT2D eigenvalue weighted by Crippen LogP contribution is 2.19. The van der Waals surface area contributed by atoms with E-state index in [1.165, 1.54) is 0 Å². The fourth-order valence-corrected chi connectivity index (χ4v) is 3.31. The zero-order chi connectivity index (χ0) is 18.4. The molecule has 0 aliphatic carbocycles. The lowest BCUT2D eigenvalue weighted by Gasteiger charge is -2.25. The Morgan fingerprint density at radius 1 is 1.19 bits per heavy atom. The smallest absolute Gasteiger partial charge is 0.159 e. The highest BCUT2D eigenvalue weighted by Gasteiger charge is 2.19. The van der Waals surface area contributed by atoms with Gasteiger partial charge in [0.15, 0.2) is 5.82 Å². The average molecular weight is 356 g/mol. The molecule has 26 heavy (non-hydrogen) atoms. The van der Waals surface area contributed by atoms with E-state index in [9.17, 15) is 0 Å². The van der Waals surface area contributed by atoms with Crippen LogP contribution in [0.2, 0.25) is 0 Å². The molecule has 0 bridgehead atoms. The Kier molecular flexibility index (Phi) is 6.55. The highest BCUT2D eigenvalue weighted by molar-refractivity contribution is 5.55. The lowest BCUT2D eigenvalue weighted by atomic mass is 10.1. The van der Waals surface area contributed by atoms with Crippen molar-refractivity contribution in [2.24, 2.45) is 5.92 Å². The lowest BCUT2D eigenvalue weighted by molar-refractivity contribution is 0.112. The van der Waals surface area contributed by atoms with E-state index in [2.05, 4.69) is 33.9 Å². The van der Waals surface area contributed by atoms with Crippen molar-refractivity contribution in [2.75, 3.05) is 54.1 Å². The molecule has 1 aliphatic heterocycles. The van der Waals surface area contributed by atoms with E-state index in [0.717, 1.165) is 62.1 Å². The summed E-state index contributed by atoms with van der Waals surface area (Å²) in [5, 5.41) is 0. The van der Waals surface area contributed by atoms with Crippen molar-refractivity contribution in [1.29, 1.82) is 0 Å². The number of benzene rings is 1. The van der Waals surface area contributed by atoms with E-state index in [1.54, 1.807) is 7.11 Å². The fourth-order valence-electron chi connectivity index (χ4n) is 3.31. The van der Waals surface area contributed by atoms with Crippen LogP contribution in [-0.4, -0.2) is 73.8 Å². The van der Waals surface area contributed by atoms with E-state index in [4.69, 9.17) is 9.47 Å². The van der Waals surface area contributed by atoms with Gasteiger partial charge in [-0.3, -0.25) is 4.90 Å². The molecule has 2 aromatic rings. The molecule has 1 saturated heterocycles. The number of rotatable bonds is 6. The van der Waals surface area contributed by atoms with Gasteiger partial charge in [-0.1, -0.05) is 0 Å². The van der Waals surface area contributed by atoms with Gasteiger partial charge in [0.05, 0.1) is 20.3 Å². The summed E-state index contributed by atoms with van der Waals surface area (Å²) in [5.74, 6) is 2.11. The quantitative estimate of drug-likeness (QED) is 0.791. The van der Waals surface area contributed by atoms with Crippen molar-refractivity contribution >= 4 is 0 Å². The van der Waals surface area contributed by atoms with Crippen molar-refractivity contribution in [2.45, 2.75) is 6.54 Å². The fraction of sp³-hybridized carbons (Fsp3) is 0.500. The van der Waals surface area contributed by atoms with Crippen LogP contribution in [0.25, 0.3) is 11.4 Å². The van der Waals surface area contributed by atoms with Crippen LogP contribution in [0.5, 0.6) is 5.75 Å². The molecule has 0 amide bonds. The Bertz CT molecular complexity index is 673. The largest absolute Gasteiger partial charge is 0.497 e. The zero-order valence-corrected chi connectivity index (χ0v) is 15.9. The predicted octanol–water partition coefficient (Wildman–Crippen LogP) is 2.16. The van der Waals surface area contributed by atoms with Crippen LogP contribution in [0, 0.1) is 5.92 Å². The van der Waals surface area contributed by atoms with Crippen LogP contribution in [0.1, 0.15) is 5.56 Å². The van der Waals surface area contributed by atoms with E-state index < -0.39 is 0 Å². The molecule has 6 heteroatoms. The predicted molar refractivity (Wildman–Crippen MR) is 102 cm³/mol. The summed E-state index contributed by atoms with van der Waals surface area (Å²) < 4.78 is 11.0. The molecule has 0 N–H and O–H groups in total. The summed E-state index contributed by atoms with van der Waals surface area (Å²) in [6, 6.07) is 7.81. The molecule has 6 nitrogen and oxygen atoms in total. The summed E-state index contributed by atoms with van der Waals surface area (Å²) in [6.07, 6.45) is 3.86. The number of hydrogen-bond donors (Lipinski definition) is 0. The third kappa shape index (κ3) is 5.24. The number of methoxy groups -OCH3 is 1. The van der Waals surface area contributed by atoms with Gasteiger partial charge in [-0.05, 0) is 38.4 Å². The van der Waals surface area contributed by atoms with Gasteiger partial charge in [0.25, 0.3) is 0 Å². The van der Waals surface area contributed by atoms with Gasteiger partial charge in [-0.25, -0.2) is 9.97 Å². The molecular formula is C20H28N4O2. The summed E-state index contributed by atoms with van der Waals surface area (Å²) >= 11 is 0. The molecule has 0 unspecified atom stereocenters. The second-order valence-electron chi connectivity index (χ2n) is 7.08. The third-order valence-corrected chi connectivity index (χ3v) is 4.50. The standard InChI is InChI=1S/C20H28N4O2/c1-23(2)12-17-14-24(8-9-26-15-17)13-16-10-21-20(22-11-16)18-4-6-19(25-3)7-5-18/h4-7,10-11,17H,8-9,12-15H2,1-3H3/t17-/m1/s1. The Labute approximate surface area is 155 Å². The first kappa shape index (κ1) is 18.8.